The van der Waals surface area contributed by atoms with Crippen molar-refractivity contribution >= 4 is 40.5 Å². The molecule has 0 aliphatic carbocycles. The first-order valence-electron chi connectivity index (χ1n) is 5.85. The number of ether oxygens (including phenoxy) is 1. The Morgan fingerprint density at radius 3 is 2.68 bits per heavy atom. The Labute approximate surface area is 121 Å². The zero-order chi connectivity index (χ0) is 13.9. The van der Waals surface area contributed by atoms with Gasteiger partial charge in [0.15, 0.2) is 0 Å². The van der Waals surface area contributed by atoms with Gasteiger partial charge in [-0.15, -0.1) is 0 Å². The molecular formula is C12H14ClN3O2S. The standard InChI is InChI=1S/C12H14ClN3O2S/c13-8-1-2-9(15-7-8)16-11(17)12(10(14)19)3-5-18-6-4-12/h1-2,7H,3-6H2,(H2,14,19)(H,15,16,17). The number of thiocarbonyl (C=S) groups is 1. The summed E-state index contributed by atoms with van der Waals surface area (Å²) in [5.74, 6) is 0.189. The minimum absolute atomic E-state index is 0.197. The monoisotopic (exact) mass is 299 g/mol. The largest absolute Gasteiger partial charge is 0.392 e. The van der Waals surface area contributed by atoms with Crippen molar-refractivity contribution in [2.75, 3.05) is 18.5 Å². The number of pyridine rings is 1. The molecule has 1 amide bonds. The molecule has 0 bridgehead atoms. The molecule has 5 nitrogen and oxygen atoms in total. The van der Waals surface area contributed by atoms with E-state index in [4.69, 9.17) is 34.3 Å². The summed E-state index contributed by atoms with van der Waals surface area (Å²) in [6.07, 6.45) is 2.44. The molecule has 19 heavy (non-hydrogen) atoms. The molecular weight excluding hydrogens is 286 g/mol. The van der Waals surface area contributed by atoms with E-state index in [-0.39, 0.29) is 10.9 Å². The number of nitrogens with two attached hydrogens (primary N) is 1. The Morgan fingerprint density at radius 1 is 1.47 bits per heavy atom. The number of halogens is 1. The summed E-state index contributed by atoms with van der Waals surface area (Å²) < 4.78 is 5.26. The van der Waals surface area contributed by atoms with Crippen molar-refractivity contribution in [1.82, 2.24) is 4.98 Å². The molecule has 2 rings (SSSR count). The summed E-state index contributed by atoms with van der Waals surface area (Å²) in [6, 6.07) is 3.29. The molecule has 3 N–H and O–H groups in total. The fourth-order valence-corrected chi connectivity index (χ4v) is 2.40. The van der Waals surface area contributed by atoms with E-state index < -0.39 is 5.41 Å². The van der Waals surface area contributed by atoms with Crippen LogP contribution in [-0.2, 0) is 9.53 Å². The quantitative estimate of drug-likeness (QED) is 0.832. The van der Waals surface area contributed by atoms with Crippen LogP contribution >= 0.6 is 23.8 Å². The summed E-state index contributed by atoms with van der Waals surface area (Å²) in [6.45, 7) is 0.942. The normalized spacial score (nSPS) is 17.7. The Kier molecular flexibility index (Phi) is 4.34. The van der Waals surface area contributed by atoms with Gasteiger partial charge in [-0.2, -0.15) is 0 Å². The lowest BCUT2D eigenvalue weighted by molar-refractivity contribution is -0.126. The van der Waals surface area contributed by atoms with Crippen LogP contribution in [-0.4, -0.2) is 29.1 Å². The van der Waals surface area contributed by atoms with E-state index >= 15 is 0 Å². The Hall–Kier alpha value is -1.24. The second kappa shape index (κ2) is 5.81. The van der Waals surface area contributed by atoms with Crippen LogP contribution in [0.5, 0.6) is 0 Å². The first-order valence-corrected chi connectivity index (χ1v) is 6.64. The number of nitrogens with zero attached hydrogens (tertiary/aromatic N) is 1. The fraction of sp³-hybridized carbons (Fsp3) is 0.417. The zero-order valence-corrected chi connectivity index (χ0v) is 11.8. The second-order valence-corrected chi connectivity index (χ2v) is 5.25. The highest BCUT2D eigenvalue weighted by Gasteiger charge is 2.43. The van der Waals surface area contributed by atoms with E-state index in [2.05, 4.69) is 10.3 Å². The number of rotatable bonds is 3. The highest BCUT2D eigenvalue weighted by Crippen LogP contribution is 2.32. The Morgan fingerprint density at radius 2 is 2.16 bits per heavy atom. The number of hydrogen-bond acceptors (Lipinski definition) is 4. The lowest BCUT2D eigenvalue weighted by Gasteiger charge is -2.34. The highest BCUT2D eigenvalue weighted by atomic mass is 35.5. The smallest absolute Gasteiger partial charge is 0.238 e. The maximum atomic E-state index is 12.4. The molecule has 1 aromatic heterocycles. The molecule has 0 saturated carbocycles. The summed E-state index contributed by atoms with van der Waals surface area (Å²) in [4.78, 5) is 16.6. The molecule has 2 heterocycles. The molecule has 1 fully saturated rings. The molecule has 0 spiro atoms. The van der Waals surface area contributed by atoms with Gasteiger partial charge in [0.25, 0.3) is 0 Å². The van der Waals surface area contributed by atoms with Gasteiger partial charge < -0.3 is 15.8 Å². The predicted octanol–water partition coefficient (Wildman–Crippen LogP) is 1.76. The van der Waals surface area contributed by atoms with Crippen molar-refractivity contribution in [2.24, 2.45) is 11.1 Å². The van der Waals surface area contributed by atoms with E-state index in [1.54, 1.807) is 12.1 Å². The molecule has 1 aliphatic rings. The molecule has 0 unspecified atom stereocenters. The summed E-state index contributed by atoms with van der Waals surface area (Å²) in [5.41, 5.74) is 4.90. The van der Waals surface area contributed by atoms with E-state index in [0.29, 0.717) is 36.9 Å². The first-order chi connectivity index (χ1) is 9.04. The number of carbonyl (C=O) groups is 1. The number of hydrogen-bond donors (Lipinski definition) is 2. The van der Waals surface area contributed by atoms with Crippen molar-refractivity contribution in [3.8, 4) is 0 Å². The maximum absolute atomic E-state index is 12.4. The van der Waals surface area contributed by atoms with Gasteiger partial charge in [-0.25, -0.2) is 4.98 Å². The SMILES string of the molecule is NC(=S)C1(C(=O)Nc2ccc(Cl)cn2)CCOCC1. The third-order valence-electron chi connectivity index (χ3n) is 3.22. The molecule has 1 saturated heterocycles. The minimum Gasteiger partial charge on any atom is -0.392 e. The van der Waals surface area contributed by atoms with E-state index in [9.17, 15) is 4.79 Å². The van der Waals surface area contributed by atoms with Gasteiger partial charge in [-0.1, -0.05) is 23.8 Å². The number of carbonyl (C=O) groups excluding carboxylic acids is 1. The third-order valence-corrected chi connectivity index (χ3v) is 3.84. The topological polar surface area (TPSA) is 77.2 Å². The van der Waals surface area contributed by atoms with Crippen LogP contribution in [0.1, 0.15) is 12.8 Å². The summed E-state index contributed by atoms with van der Waals surface area (Å²) in [7, 11) is 0. The average Bonchev–Trinajstić information content (AvgIpc) is 2.42. The molecule has 7 heteroatoms. The predicted molar refractivity (Wildman–Crippen MR) is 77.1 cm³/mol. The van der Waals surface area contributed by atoms with Gasteiger partial charge in [-0.3, -0.25) is 4.79 Å². The highest BCUT2D eigenvalue weighted by molar-refractivity contribution is 7.80. The lowest BCUT2D eigenvalue weighted by atomic mass is 9.79. The number of nitrogens with one attached hydrogen (secondary N) is 1. The molecule has 0 aromatic carbocycles. The summed E-state index contributed by atoms with van der Waals surface area (Å²) >= 11 is 10.8. The van der Waals surface area contributed by atoms with Crippen LogP contribution in [0, 0.1) is 5.41 Å². The zero-order valence-electron chi connectivity index (χ0n) is 10.2. The molecule has 1 aromatic rings. The van der Waals surface area contributed by atoms with Crippen molar-refractivity contribution in [3.63, 3.8) is 0 Å². The van der Waals surface area contributed by atoms with Gasteiger partial charge in [0.2, 0.25) is 5.91 Å². The van der Waals surface area contributed by atoms with Crippen molar-refractivity contribution in [3.05, 3.63) is 23.4 Å². The number of amides is 1. The van der Waals surface area contributed by atoms with Gasteiger partial charge in [0.1, 0.15) is 11.2 Å². The van der Waals surface area contributed by atoms with Crippen molar-refractivity contribution in [2.45, 2.75) is 12.8 Å². The molecule has 0 radical (unpaired) electrons. The van der Waals surface area contributed by atoms with Gasteiger partial charge in [-0.05, 0) is 25.0 Å². The van der Waals surface area contributed by atoms with E-state index in [1.165, 1.54) is 6.20 Å². The van der Waals surface area contributed by atoms with Crippen LogP contribution in [0.2, 0.25) is 5.02 Å². The van der Waals surface area contributed by atoms with Crippen LogP contribution in [0.25, 0.3) is 0 Å². The third kappa shape index (κ3) is 3.02. The second-order valence-electron chi connectivity index (χ2n) is 4.37. The fourth-order valence-electron chi connectivity index (χ4n) is 1.99. The van der Waals surface area contributed by atoms with Crippen LogP contribution in [0.3, 0.4) is 0 Å². The number of aromatic nitrogens is 1. The first kappa shape index (κ1) is 14.2. The van der Waals surface area contributed by atoms with Gasteiger partial charge >= 0.3 is 0 Å². The summed E-state index contributed by atoms with van der Waals surface area (Å²) in [5, 5.41) is 3.24. The Balaban J connectivity index is 2.16. The maximum Gasteiger partial charge on any atom is 0.238 e. The minimum atomic E-state index is -0.852. The van der Waals surface area contributed by atoms with Crippen LogP contribution < -0.4 is 11.1 Å². The molecule has 1 aliphatic heterocycles. The average molecular weight is 300 g/mol. The molecule has 0 atom stereocenters. The van der Waals surface area contributed by atoms with E-state index in [1.807, 2.05) is 0 Å². The Bertz CT molecular complexity index is 486. The lowest BCUT2D eigenvalue weighted by Crippen LogP contribution is -2.49. The number of anilines is 1. The van der Waals surface area contributed by atoms with Crippen LogP contribution in [0.15, 0.2) is 18.3 Å². The van der Waals surface area contributed by atoms with E-state index in [0.717, 1.165) is 0 Å². The molecule has 102 valence electrons. The van der Waals surface area contributed by atoms with Crippen molar-refractivity contribution < 1.29 is 9.53 Å². The van der Waals surface area contributed by atoms with Gasteiger partial charge in [0, 0.05) is 19.4 Å². The van der Waals surface area contributed by atoms with Crippen molar-refractivity contribution in [1.29, 1.82) is 0 Å². The van der Waals surface area contributed by atoms with Crippen LogP contribution in [0.4, 0.5) is 5.82 Å². The van der Waals surface area contributed by atoms with Gasteiger partial charge in [0.05, 0.1) is 10.0 Å².